The van der Waals surface area contributed by atoms with Gasteiger partial charge >= 0.3 is 0 Å². The molecule has 1 aromatic carbocycles. The molecule has 0 saturated carbocycles. The van der Waals surface area contributed by atoms with Crippen molar-refractivity contribution >= 4 is 33.2 Å². The highest BCUT2D eigenvalue weighted by molar-refractivity contribution is 7.89. The van der Waals surface area contributed by atoms with Gasteiger partial charge in [0.15, 0.2) is 0 Å². The van der Waals surface area contributed by atoms with E-state index in [0.29, 0.717) is 32.0 Å². The number of benzene rings is 1. The molecule has 4 rings (SSSR count). The minimum absolute atomic E-state index is 0.0958. The van der Waals surface area contributed by atoms with Crippen LogP contribution in [0.15, 0.2) is 41.4 Å². The second kappa shape index (κ2) is 10.2. The second-order valence-electron chi connectivity index (χ2n) is 8.64. The van der Waals surface area contributed by atoms with Gasteiger partial charge in [0, 0.05) is 57.8 Å². The largest absolute Gasteiger partial charge is 0.378 e. The number of aryl methyl sites for hydroxylation is 1. The maximum atomic E-state index is 12.9. The summed E-state index contributed by atoms with van der Waals surface area (Å²) in [7, 11) is -0.479. The fraction of sp³-hybridized carbons (Fsp3) is 0.478. The summed E-state index contributed by atoms with van der Waals surface area (Å²) in [4.78, 5) is 29.1. The van der Waals surface area contributed by atoms with E-state index in [1.54, 1.807) is 7.05 Å². The van der Waals surface area contributed by atoms with E-state index in [-0.39, 0.29) is 23.0 Å². The Labute approximate surface area is 200 Å². The van der Waals surface area contributed by atoms with E-state index in [1.165, 1.54) is 33.1 Å². The third kappa shape index (κ3) is 5.26. The molecule has 10 nitrogen and oxygen atoms in total. The number of aromatic nitrogens is 1. The van der Waals surface area contributed by atoms with Crippen LogP contribution in [-0.2, 0) is 26.6 Å². The van der Waals surface area contributed by atoms with Gasteiger partial charge in [0.1, 0.15) is 10.6 Å². The normalized spacial score (nSPS) is 17.1. The van der Waals surface area contributed by atoms with Crippen LogP contribution >= 0.6 is 0 Å². The molecule has 34 heavy (non-hydrogen) atoms. The van der Waals surface area contributed by atoms with Gasteiger partial charge in [-0.3, -0.25) is 9.59 Å². The van der Waals surface area contributed by atoms with Crippen molar-refractivity contribution in [2.24, 2.45) is 7.05 Å². The van der Waals surface area contributed by atoms with Crippen LogP contribution in [0.1, 0.15) is 23.3 Å². The predicted molar refractivity (Wildman–Crippen MR) is 128 cm³/mol. The monoisotopic (exact) mass is 489 g/mol. The van der Waals surface area contributed by atoms with Crippen LogP contribution in [0.2, 0.25) is 0 Å². The Balaban J connectivity index is 1.36. The Morgan fingerprint density at radius 2 is 1.71 bits per heavy atom. The number of rotatable bonds is 7. The van der Waals surface area contributed by atoms with Gasteiger partial charge in [-0.15, -0.1) is 0 Å². The van der Waals surface area contributed by atoms with Crippen LogP contribution in [0.3, 0.4) is 0 Å². The average Bonchev–Trinajstić information content (AvgIpc) is 3.50. The van der Waals surface area contributed by atoms with Gasteiger partial charge in [-0.25, -0.2) is 8.42 Å². The van der Waals surface area contributed by atoms with Crippen molar-refractivity contribution < 1.29 is 22.7 Å². The van der Waals surface area contributed by atoms with Gasteiger partial charge < -0.3 is 24.4 Å². The zero-order valence-electron chi connectivity index (χ0n) is 19.6. The first-order chi connectivity index (χ1) is 16.3. The maximum absolute atomic E-state index is 12.9. The summed E-state index contributed by atoms with van der Waals surface area (Å²) >= 11 is 0. The Kier molecular flexibility index (Phi) is 7.24. The quantitative estimate of drug-likeness (QED) is 0.630. The standard InChI is InChI=1S/C23H31N5O5S/c1-25-16-20(34(31,32)28-9-3-4-10-28)15-21(25)23(30)26(2)17-22(29)24-18-5-7-19(8-6-18)27-11-13-33-14-12-27/h5-8,15-16H,3-4,9-14,17H2,1-2H3,(H,24,29). The molecule has 2 amide bonds. The Hall–Kier alpha value is -2.89. The molecule has 1 aromatic heterocycles. The summed E-state index contributed by atoms with van der Waals surface area (Å²) in [6.07, 6.45) is 3.13. The fourth-order valence-corrected chi connectivity index (χ4v) is 5.81. The minimum atomic E-state index is -3.62. The number of likely N-dealkylation sites (N-methyl/N-ethyl adjacent to an activating group) is 1. The molecule has 2 aliphatic rings. The van der Waals surface area contributed by atoms with Gasteiger partial charge in [-0.1, -0.05) is 0 Å². The van der Waals surface area contributed by atoms with E-state index in [9.17, 15) is 18.0 Å². The predicted octanol–water partition coefficient (Wildman–Crippen LogP) is 1.36. The van der Waals surface area contributed by atoms with E-state index in [4.69, 9.17) is 4.74 Å². The molecule has 0 bridgehead atoms. The fourth-order valence-electron chi connectivity index (χ4n) is 4.23. The molecule has 0 aliphatic carbocycles. The Morgan fingerprint density at radius 1 is 1.06 bits per heavy atom. The number of anilines is 2. The smallest absolute Gasteiger partial charge is 0.270 e. The lowest BCUT2D eigenvalue weighted by atomic mass is 10.2. The average molecular weight is 490 g/mol. The summed E-state index contributed by atoms with van der Waals surface area (Å²) < 4.78 is 33.9. The number of morpholine rings is 1. The number of ether oxygens (including phenoxy) is 1. The number of hydrogen-bond acceptors (Lipinski definition) is 6. The summed E-state index contributed by atoms with van der Waals surface area (Å²) in [5.74, 6) is -0.766. The van der Waals surface area contributed by atoms with Crippen molar-refractivity contribution in [1.82, 2.24) is 13.8 Å². The molecular formula is C23H31N5O5S. The van der Waals surface area contributed by atoms with Crippen LogP contribution in [0.5, 0.6) is 0 Å². The van der Waals surface area contributed by atoms with Gasteiger partial charge in [-0.2, -0.15) is 4.31 Å². The van der Waals surface area contributed by atoms with E-state index in [1.807, 2.05) is 24.3 Å². The molecule has 184 valence electrons. The number of sulfonamides is 1. The molecule has 3 heterocycles. The van der Waals surface area contributed by atoms with Gasteiger partial charge in [0.2, 0.25) is 15.9 Å². The van der Waals surface area contributed by atoms with Gasteiger partial charge in [0.25, 0.3) is 5.91 Å². The van der Waals surface area contributed by atoms with E-state index < -0.39 is 15.9 Å². The molecule has 2 aromatic rings. The highest BCUT2D eigenvalue weighted by Gasteiger charge is 2.30. The van der Waals surface area contributed by atoms with Crippen molar-refractivity contribution in [3.63, 3.8) is 0 Å². The van der Waals surface area contributed by atoms with Crippen molar-refractivity contribution in [3.8, 4) is 0 Å². The summed E-state index contributed by atoms with van der Waals surface area (Å²) in [6, 6.07) is 8.94. The van der Waals surface area contributed by atoms with Gasteiger partial charge in [-0.05, 0) is 43.2 Å². The van der Waals surface area contributed by atoms with E-state index >= 15 is 0 Å². The molecule has 0 radical (unpaired) electrons. The van der Waals surface area contributed by atoms with Gasteiger partial charge in [0.05, 0.1) is 19.8 Å². The molecule has 2 saturated heterocycles. The van der Waals surface area contributed by atoms with E-state index in [0.717, 1.165) is 31.6 Å². The first-order valence-corrected chi connectivity index (χ1v) is 12.8. The zero-order chi connectivity index (χ0) is 24.3. The second-order valence-corrected chi connectivity index (χ2v) is 10.6. The van der Waals surface area contributed by atoms with Crippen molar-refractivity contribution in [2.45, 2.75) is 17.7 Å². The summed E-state index contributed by atoms with van der Waals surface area (Å²) in [6.45, 7) is 3.89. The number of nitrogens with zero attached hydrogens (tertiary/aromatic N) is 4. The highest BCUT2D eigenvalue weighted by Crippen LogP contribution is 2.23. The lowest BCUT2D eigenvalue weighted by Crippen LogP contribution is -2.36. The van der Waals surface area contributed by atoms with Crippen LogP contribution < -0.4 is 10.2 Å². The summed E-state index contributed by atoms with van der Waals surface area (Å²) in [5, 5.41) is 2.81. The number of amides is 2. The number of hydrogen-bond donors (Lipinski definition) is 1. The number of carbonyl (C=O) groups excluding carboxylic acids is 2. The first kappa shape index (κ1) is 24.2. The van der Waals surface area contributed by atoms with Crippen molar-refractivity contribution in [1.29, 1.82) is 0 Å². The Bertz CT molecular complexity index is 1130. The lowest BCUT2D eigenvalue weighted by Gasteiger charge is -2.28. The molecule has 1 N–H and O–H groups in total. The zero-order valence-corrected chi connectivity index (χ0v) is 20.4. The molecule has 0 unspecified atom stereocenters. The molecule has 0 spiro atoms. The maximum Gasteiger partial charge on any atom is 0.270 e. The molecule has 11 heteroatoms. The van der Waals surface area contributed by atoms with Crippen LogP contribution in [0.4, 0.5) is 11.4 Å². The molecule has 2 fully saturated rings. The molecule has 0 atom stereocenters. The SMILES string of the molecule is CN(CC(=O)Nc1ccc(N2CCOCC2)cc1)C(=O)c1cc(S(=O)(=O)N2CCCC2)cn1C. The Morgan fingerprint density at radius 3 is 2.35 bits per heavy atom. The van der Waals surface area contributed by atoms with Crippen LogP contribution in [0.25, 0.3) is 0 Å². The topological polar surface area (TPSA) is 104 Å². The highest BCUT2D eigenvalue weighted by atomic mass is 32.2. The molecular weight excluding hydrogens is 458 g/mol. The lowest BCUT2D eigenvalue weighted by molar-refractivity contribution is -0.116. The van der Waals surface area contributed by atoms with Crippen LogP contribution in [-0.4, -0.2) is 87.0 Å². The third-order valence-electron chi connectivity index (χ3n) is 6.16. The van der Waals surface area contributed by atoms with E-state index in [2.05, 4.69) is 10.2 Å². The number of nitrogens with one attached hydrogen (secondary N) is 1. The summed E-state index contributed by atoms with van der Waals surface area (Å²) in [5.41, 5.74) is 1.92. The number of carbonyl (C=O) groups is 2. The molecule has 2 aliphatic heterocycles. The van der Waals surface area contributed by atoms with Crippen LogP contribution in [0, 0.1) is 0 Å². The minimum Gasteiger partial charge on any atom is -0.378 e. The van der Waals surface area contributed by atoms with Crippen molar-refractivity contribution in [2.75, 3.05) is 63.2 Å². The van der Waals surface area contributed by atoms with Crippen molar-refractivity contribution in [3.05, 3.63) is 42.2 Å². The first-order valence-electron chi connectivity index (χ1n) is 11.4. The third-order valence-corrected chi connectivity index (χ3v) is 8.02.